The highest BCUT2D eigenvalue weighted by Crippen LogP contribution is 2.36. The van der Waals surface area contributed by atoms with Crippen LogP contribution in [0.1, 0.15) is 21.5 Å². The molecule has 0 amide bonds. The monoisotopic (exact) mass is 293 g/mol. The second-order valence-electron chi connectivity index (χ2n) is 2.80. The van der Waals surface area contributed by atoms with E-state index >= 15 is 0 Å². The average molecular weight is 294 g/mol. The Bertz CT molecular complexity index is 491. The standard InChI is InChI=1S/C9H3BrF3NO2/c10-6-2-4(3-14)1-5(9(11,12)13)7(6)8(15)16/h1-2H,(H,15,16). The minimum Gasteiger partial charge on any atom is -0.478 e. The molecule has 1 N–H and O–H groups in total. The molecule has 0 radical (unpaired) electrons. The van der Waals surface area contributed by atoms with Crippen LogP contribution in [-0.4, -0.2) is 11.1 Å². The number of aromatic carboxylic acids is 1. The number of carboxylic acids is 1. The molecular weight excluding hydrogens is 291 g/mol. The molecule has 0 aliphatic heterocycles. The number of nitriles is 1. The van der Waals surface area contributed by atoms with Gasteiger partial charge in [-0.3, -0.25) is 0 Å². The molecule has 0 saturated carbocycles. The van der Waals surface area contributed by atoms with Crippen LogP contribution in [0.5, 0.6) is 0 Å². The van der Waals surface area contributed by atoms with Crippen molar-refractivity contribution in [3.05, 3.63) is 33.3 Å². The van der Waals surface area contributed by atoms with Gasteiger partial charge in [0, 0.05) is 4.47 Å². The third kappa shape index (κ3) is 2.33. The van der Waals surface area contributed by atoms with Gasteiger partial charge in [-0.1, -0.05) is 0 Å². The fourth-order valence-electron chi connectivity index (χ4n) is 1.11. The summed E-state index contributed by atoms with van der Waals surface area (Å²) in [4.78, 5) is 10.7. The molecule has 0 bridgehead atoms. The zero-order valence-corrected chi connectivity index (χ0v) is 9.06. The Morgan fingerprint density at radius 3 is 2.38 bits per heavy atom. The Kier molecular flexibility index (Phi) is 3.24. The van der Waals surface area contributed by atoms with Crippen LogP contribution in [0.3, 0.4) is 0 Å². The normalized spacial score (nSPS) is 10.9. The van der Waals surface area contributed by atoms with Crippen molar-refractivity contribution in [2.24, 2.45) is 0 Å². The number of hydrogen-bond donors (Lipinski definition) is 1. The summed E-state index contributed by atoms with van der Waals surface area (Å²) >= 11 is 2.70. The summed E-state index contributed by atoms with van der Waals surface area (Å²) in [6, 6.07) is 3.06. The Morgan fingerprint density at radius 1 is 1.44 bits per heavy atom. The second-order valence-corrected chi connectivity index (χ2v) is 3.65. The van der Waals surface area contributed by atoms with Gasteiger partial charge in [-0.15, -0.1) is 0 Å². The van der Waals surface area contributed by atoms with Crippen LogP contribution < -0.4 is 0 Å². The zero-order valence-electron chi connectivity index (χ0n) is 7.47. The summed E-state index contributed by atoms with van der Waals surface area (Å²) in [7, 11) is 0. The predicted molar refractivity (Wildman–Crippen MR) is 50.8 cm³/mol. The molecule has 0 unspecified atom stereocenters. The molecule has 84 valence electrons. The van der Waals surface area contributed by atoms with E-state index in [4.69, 9.17) is 10.4 Å². The first kappa shape index (κ1) is 12.5. The van der Waals surface area contributed by atoms with Gasteiger partial charge in [0.05, 0.1) is 22.8 Å². The highest BCUT2D eigenvalue weighted by atomic mass is 79.9. The van der Waals surface area contributed by atoms with Crippen molar-refractivity contribution in [3.63, 3.8) is 0 Å². The fourth-order valence-corrected chi connectivity index (χ4v) is 1.74. The lowest BCUT2D eigenvalue weighted by molar-refractivity contribution is -0.138. The molecule has 3 nitrogen and oxygen atoms in total. The molecule has 0 fully saturated rings. The molecule has 0 heterocycles. The van der Waals surface area contributed by atoms with E-state index in [0.29, 0.717) is 6.07 Å². The first-order valence-corrected chi connectivity index (χ1v) is 4.60. The van der Waals surface area contributed by atoms with E-state index in [0.717, 1.165) is 6.07 Å². The molecule has 0 spiro atoms. The van der Waals surface area contributed by atoms with Gasteiger partial charge in [-0.2, -0.15) is 18.4 Å². The molecule has 16 heavy (non-hydrogen) atoms. The van der Waals surface area contributed by atoms with Crippen LogP contribution in [0.2, 0.25) is 0 Å². The fraction of sp³-hybridized carbons (Fsp3) is 0.111. The van der Waals surface area contributed by atoms with E-state index in [2.05, 4.69) is 15.9 Å². The van der Waals surface area contributed by atoms with Gasteiger partial charge in [0.25, 0.3) is 0 Å². The van der Waals surface area contributed by atoms with E-state index in [-0.39, 0.29) is 10.0 Å². The number of carbonyl (C=O) groups is 1. The van der Waals surface area contributed by atoms with Crippen molar-refractivity contribution in [1.82, 2.24) is 0 Å². The summed E-state index contributed by atoms with van der Waals surface area (Å²) in [5.41, 5.74) is -2.50. The molecular formula is C9H3BrF3NO2. The van der Waals surface area contributed by atoms with Gasteiger partial charge in [0.2, 0.25) is 0 Å². The number of benzene rings is 1. The number of alkyl halides is 3. The van der Waals surface area contributed by atoms with Crippen molar-refractivity contribution in [3.8, 4) is 6.07 Å². The highest BCUT2D eigenvalue weighted by Gasteiger charge is 2.37. The second kappa shape index (κ2) is 4.14. The summed E-state index contributed by atoms with van der Waals surface area (Å²) in [5, 5.41) is 17.2. The Hall–Kier alpha value is -1.55. The molecule has 0 saturated heterocycles. The SMILES string of the molecule is N#Cc1cc(Br)c(C(=O)O)c(C(F)(F)F)c1. The van der Waals surface area contributed by atoms with Gasteiger partial charge in [0.1, 0.15) is 0 Å². The Balaban J connectivity index is 3.61. The van der Waals surface area contributed by atoms with Crippen molar-refractivity contribution in [2.45, 2.75) is 6.18 Å². The molecule has 0 aliphatic rings. The van der Waals surface area contributed by atoms with Gasteiger partial charge in [-0.25, -0.2) is 4.79 Å². The summed E-state index contributed by atoms with van der Waals surface area (Å²) in [6.45, 7) is 0. The van der Waals surface area contributed by atoms with Crippen molar-refractivity contribution >= 4 is 21.9 Å². The van der Waals surface area contributed by atoms with Gasteiger partial charge in [0.15, 0.2) is 0 Å². The van der Waals surface area contributed by atoms with E-state index in [1.165, 1.54) is 6.07 Å². The van der Waals surface area contributed by atoms with E-state index < -0.39 is 23.3 Å². The first-order chi connectivity index (χ1) is 7.27. The highest BCUT2D eigenvalue weighted by molar-refractivity contribution is 9.10. The van der Waals surface area contributed by atoms with Gasteiger partial charge < -0.3 is 5.11 Å². The number of rotatable bonds is 1. The van der Waals surface area contributed by atoms with Crippen LogP contribution in [0.25, 0.3) is 0 Å². The van der Waals surface area contributed by atoms with Crippen molar-refractivity contribution in [1.29, 1.82) is 5.26 Å². The van der Waals surface area contributed by atoms with Crippen molar-refractivity contribution < 1.29 is 23.1 Å². The molecule has 0 aromatic heterocycles. The van der Waals surface area contributed by atoms with Crippen LogP contribution in [-0.2, 0) is 6.18 Å². The predicted octanol–water partition coefficient (Wildman–Crippen LogP) is 3.04. The maximum Gasteiger partial charge on any atom is 0.417 e. The lowest BCUT2D eigenvalue weighted by atomic mass is 10.0. The minimum absolute atomic E-state index is 0.260. The number of carboxylic acid groups (broad SMARTS) is 1. The van der Waals surface area contributed by atoms with Gasteiger partial charge in [-0.05, 0) is 28.1 Å². The molecule has 1 aromatic rings. The summed E-state index contributed by atoms with van der Waals surface area (Å²) in [6.07, 6.45) is -4.82. The maximum absolute atomic E-state index is 12.5. The minimum atomic E-state index is -4.82. The van der Waals surface area contributed by atoms with Crippen LogP contribution in [0, 0.1) is 11.3 Å². The van der Waals surface area contributed by atoms with Crippen LogP contribution in [0.4, 0.5) is 13.2 Å². The van der Waals surface area contributed by atoms with Crippen LogP contribution >= 0.6 is 15.9 Å². The van der Waals surface area contributed by atoms with Crippen LogP contribution in [0.15, 0.2) is 16.6 Å². The topological polar surface area (TPSA) is 61.1 Å². The Morgan fingerprint density at radius 2 is 2.00 bits per heavy atom. The molecule has 0 aliphatic carbocycles. The average Bonchev–Trinajstić information content (AvgIpc) is 2.14. The summed E-state index contributed by atoms with van der Waals surface area (Å²) < 4.78 is 37.3. The van der Waals surface area contributed by atoms with Gasteiger partial charge >= 0.3 is 12.1 Å². The summed E-state index contributed by atoms with van der Waals surface area (Å²) in [5.74, 6) is -1.70. The Labute approximate surface area is 96.2 Å². The largest absolute Gasteiger partial charge is 0.478 e. The number of hydrogen-bond acceptors (Lipinski definition) is 2. The molecule has 1 aromatic carbocycles. The third-order valence-corrected chi connectivity index (χ3v) is 2.36. The quantitative estimate of drug-likeness (QED) is 0.866. The van der Waals surface area contributed by atoms with E-state index in [1.807, 2.05) is 0 Å². The smallest absolute Gasteiger partial charge is 0.417 e. The molecule has 7 heteroatoms. The number of nitrogens with zero attached hydrogens (tertiary/aromatic N) is 1. The first-order valence-electron chi connectivity index (χ1n) is 3.81. The zero-order chi connectivity index (χ0) is 12.5. The third-order valence-electron chi connectivity index (χ3n) is 1.74. The maximum atomic E-state index is 12.5. The van der Waals surface area contributed by atoms with E-state index in [9.17, 15) is 18.0 Å². The lowest BCUT2D eigenvalue weighted by Gasteiger charge is -2.11. The van der Waals surface area contributed by atoms with Crippen molar-refractivity contribution in [2.75, 3.05) is 0 Å². The lowest BCUT2D eigenvalue weighted by Crippen LogP contribution is -2.14. The molecule has 1 rings (SSSR count). The number of halogens is 4. The molecule has 0 atom stereocenters. The van der Waals surface area contributed by atoms with E-state index in [1.54, 1.807) is 0 Å².